The number of thiophene rings is 1. The lowest BCUT2D eigenvalue weighted by molar-refractivity contribution is -0.159. The summed E-state index contributed by atoms with van der Waals surface area (Å²) in [5, 5.41) is 10.4. The molecule has 6 rings (SSSR count). The van der Waals surface area contributed by atoms with E-state index >= 15 is 4.79 Å². The number of benzene rings is 1. The molecule has 2 saturated heterocycles. The Hall–Kier alpha value is -4.25. The number of amides is 2. The molecule has 0 unspecified atom stereocenters. The number of piperidine rings is 1. The van der Waals surface area contributed by atoms with Crippen molar-refractivity contribution >= 4 is 28.8 Å². The fraction of sp³-hybridized carbons (Fsp3) is 0.541. The van der Waals surface area contributed by atoms with Crippen molar-refractivity contribution in [3.8, 4) is 17.4 Å². The number of pyridine rings is 1. The fourth-order valence-corrected chi connectivity index (χ4v) is 8.23. The summed E-state index contributed by atoms with van der Waals surface area (Å²) >= 11 is 0.403. The van der Waals surface area contributed by atoms with Gasteiger partial charge in [0.1, 0.15) is 28.5 Å². The number of hydrogen-bond acceptors (Lipinski definition) is 9. The SMILES string of the molecule is O=C1c2c(C(F)(F)F)ccnc2OCCCCCCC[C@H]2N1CCC[C@@]2(Oc1csc(C(F)(F)F)c1)C(=O)N1CCN(c2ccccc2OCCO)CC1. The van der Waals surface area contributed by atoms with Crippen molar-refractivity contribution in [3.63, 3.8) is 0 Å². The molecule has 2 amide bonds. The van der Waals surface area contributed by atoms with Crippen LogP contribution in [0.15, 0.2) is 48.0 Å². The van der Waals surface area contributed by atoms with E-state index in [9.17, 15) is 36.2 Å². The van der Waals surface area contributed by atoms with Crippen LogP contribution < -0.4 is 19.1 Å². The van der Waals surface area contributed by atoms with Crippen molar-refractivity contribution in [1.82, 2.24) is 14.8 Å². The molecule has 5 heterocycles. The molecule has 3 aliphatic rings. The van der Waals surface area contributed by atoms with E-state index in [1.807, 2.05) is 17.0 Å². The van der Waals surface area contributed by atoms with Crippen LogP contribution in [-0.4, -0.2) is 95.9 Å². The second-order valence-electron chi connectivity index (χ2n) is 13.5. The zero-order valence-electron chi connectivity index (χ0n) is 29.5. The number of halogens is 6. The maximum atomic E-state index is 15.1. The Morgan fingerprint density at radius 1 is 0.963 bits per heavy atom. The van der Waals surface area contributed by atoms with Gasteiger partial charge in [-0.3, -0.25) is 9.59 Å². The summed E-state index contributed by atoms with van der Waals surface area (Å²) in [7, 11) is 0. The average Bonchev–Trinajstić information content (AvgIpc) is 3.64. The smallest absolute Gasteiger partial charge is 0.425 e. The second kappa shape index (κ2) is 16.6. The number of rotatable bonds is 7. The van der Waals surface area contributed by atoms with Crippen LogP contribution >= 0.6 is 11.3 Å². The first-order valence-electron chi connectivity index (χ1n) is 18.0. The summed E-state index contributed by atoms with van der Waals surface area (Å²) in [5.74, 6) is -1.74. The molecule has 2 aromatic heterocycles. The summed E-state index contributed by atoms with van der Waals surface area (Å²) in [6.07, 6.45) is -5.27. The largest absolute Gasteiger partial charge is 0.489 e. The highest BCUT2D eigenvalue weighted by Crippen LogP contribution is 2.44. The van der Waals surface area contributed by atoms with E-state index in [1.54, 1.807) is 17.0 Å². The molecule has 0 spiro atoms. The first-order chi connectivity index (χ1) is 25.8. The molecule has 54 heavy (non-hydrogen) atoms. The molecule has 17 heteroatoms. The monoisotopic (exact) mass is 784 g/mol. The van der Waals surface area contributed by atoms with Gasteiger partial charge in [0.15, 0.2) is 0 Å². The zero-order chi connectivity index (χ0) is 38.5. The number of aliphatic hydroxyl groups is 1. The number of carbonyl (C=O) groups is 2. The summed E-state index contributed by atoms with van der Waals surface area (Å²) in [5.41, 5.74) is -3.18. The first kappa shape index (κ1) is 39.4. The standard InChI is InChI=1S/C37H42F6N4O6S/c38-36(39,40)26-12-14-44-32-31(26)33(49)47-15-8-13-35(29(47)11-4-2-1-3-7-21-52-32,53-25-23-30(54-24-25)37(41,42)43)34(50)46-18-16-45(17-19-46)27-9-5-6-10-28(27)51-22-20-48/h5-6,9-10,12,14,23-24,29,48H,1-4,7-8,11,13,15-22H2/t29-,35+/m1/s1. The summed E-state index contributed by atoms with van der Waals surface area (Å²) < 4.78 is 103. The topological polar surface area (TPSA) is 105 Å². The van der Waals surface area contributed by atoms with Crippen molar-refractivity contribution in [3.05, 3.63) is 64.0 Å². The summed E-state index contributed by atoms with van der Waals surface area (Å²) in [6.45, 7) is 0.969. The number of alkyl halides is 6. The van der Waals surface area contributed by atoms with Gasteiger partial charge < -0.3 is 34.0 Å². The van der Waals surface area contributed by atoms with E-state index in [1.165, 1.54) is 4.90 Å². The Labute approximate surface area is 312 Å². The predicted molar refractivity (Wildman–Crippen MR) is 187 cm³/mol. The molecule has 0 saturated carbocycles. The van der Waals surface area contributed by atoms with Crippen LogP contribution in [0.2, 0.25) is 0 Å². The van der Waals surface area contributed by atoms with Gasteiger partial charge >= 0.3 is 12.4 Å². The van der Waals surface area contributed by atoms with Gasteiger partial charge in [-0.1, -0.05) is 37.8 Å². The Morgan fingerprint density at radius 3 is 2.43 bits per heavy atom. The normalized spacial score (nSPS) is 21.9. The number of aliphatic hydroxyl groups excluding tert-OH is 1. The predicted octanol–water partition coefficient (Wildman–Crippen LogP) is 7.06. The number of piperazine rings is 1. The molecule has 3 aromatic rings. The Morgan fingerprint density at radius 2 is 1.70 bits per heavy atom. The van der Waals surface area contributed by atoms with E-state index in [4.69, 9.17) is 14.2 Å². The van der Waals surface area contributed by atoms with Gasteiger partial charge in [0.25, 0.3) is 11.8 Å². The molecule has 10 nitrogen and oxygen atoms in total. The van der Waals surface area contributed by atoms with Gasteiger partial charge in [-0.05, 0) is 37.5 Å². The number of anilines is 1. The van der Waals surface area contributed by atoms with E-state index in [2.05, 4.69) is 4.98 Å². The lowest BCUT2D eigenvalue weighted by Gasteiger charge is -2.51. The van der Waals surface area contributed by atoms with E-state index in [0.29, 0.717) is 61.9 Å². The highest BCUT2D eigenvalue weighted by Gasteiger charge is 2.56. The van der Waals surface area contributed by atoms with Gasteiger partial charge in [0.05, 0.1) is 30.5 Å². The third-order valence-electron chi connectivity index (χ3n) is 10.1. The average molecular weight is 785 g/mol. The Kier molecular flexibility index (Phi) is 12.1. The third kappa shape index (κ3) is 8.51. The fourth-order valence-electron chi connectivity index (χ4n) is 7.55. The maximum Gasteiger partial charge on any atom is 0.425 e. The number of nitrogens with zero attached hydrogens (tertiary/aromatic N) is 4. The van der Waals surface area contributed by atoms with Gasteiger partial charge in [-0.2, -0.15) is 26.3 Å². The first-order valence-corrected chi connectivity index (χ1v) is 18.9. The highest BCUT2D eigenvalue weighted by molar-refractivity contribution is 7.10. The Balaban J connectivity index is 1.39. The summed E-state index contributed by atoms with van der Waals surface area (Å²) in [4.78, 5) is 37.5. The van der Waals surface area contributed by atoms with Gasteiger partial charge in [-0.25, -0.2) is 4.98 Å². The van der Waals surface area contributed by atoms with E-state index in [-0.39, 0.29) is 64.5 Å². The Bertz CT molecular complexity index is 1760. The number of fused-ring (bicyclic) bond motifs is 2. The number of para-hydroxylation sites is 2. The van der Waals surface area contributed by atoms with E-state index < -0.39 is 57.7 Å². The van der Waals surface area contributed by atoms with Gasteiger partial charge in [0, 0.05) is 56.8 Å². The van der Waals surface area contributed by atoms with Crippen molar-refractivity contribution in [2.24, 2.45) is 0 Å². The molecule has 2 fully saturated rings. The van der Waals surface area contributed by atoms with Crippen molar-refractivity contribution in [2.75, 3.05) is 57.4 Å². The lowest BCUT2D eigenvalue weighted by Crippen LogP contribution is -2.69. The quantitative estimate of drug-likeness (QED) is 0.254. The number of aromatic nitrogens is 1. The molecule has 0 bridgehead atoms. The molecule has 2 atom stereocenters. The van der Waals surface area contributed by atoms with Crippen LogP contribution in [0.4, 0.5) is 32.0 Å². The number of carbonyl (C=O) groups excluding carboxylic acids is 2. The van der Waals surface area contributed by atoms with Gasteiger partial charge in [-0.15, -0.1) is 11.3 Å². The van der Waals surface area contributed by atoms with E-state index in [0.717, 1.165) is 29.8 Å². The molecular formula is C37H42F6N4O6S. The molecule has 0 aliphatic carbocycles. The molecule has 1 aromatic carbocycles. The molecular weight excluding hydrogens is 742 g/mol. The third-order valence-corrected chi connectivity index (χ3v) is 11.0. The maximum absolute atomic E-state index is 15.1. The van der Waals surface area contributed by atoms with Crippen molar-refractivity contribution in [2.45, 2.75) is 75.4 Å². The van der Waals surface area contributed by atoms with Gasteiger partial charge in [0.2, 0.25) is 11.5 Å². The number of ether oxygens (including phenoxy) is 3. The van der Waals surface area contributed by atoms with Crippen LogP contribution in [0.5, 0.6) is 17.4 Å². The molecule has 1 N–H and O–H groups in total. The minimum Gasteiger partial charge on any atom is -0.489 e. The van der Waals surface area contributed by atoms with Crippen LogP contribution in [0.1, 0.15) is 72.2 Å². The van der Waals surface area contributed by atoms with Crippen LogP contribution in [0, 0.1) is 0 Å². The van der Waals surface area contributed by atoms with Crippen molar-refractivity contribution < 1.29 is 55.2 Å². The minimum absolute atomic E-state index is 0.0120. The number of hydrogen-bond donors (Lipinski definition) is 1. The molecule has 0 radical (unpaired) electrons. The zero-order valence-corrected chi connectivity index (χ0v) is 30.3. The lowest BCUT2D eigenvalue weighted by atomic mass is 9.79. The second-order valence-corrected chi connectivity index (χ2v) is 14.4. The highest BCUT2D eigenvalue weighted by atomic mass is 32.1. The molecule has 3 aliphatic heterocycles. The van der Waals surface area contributed by atoms with Crippen LogP contribution in [-0.2, 0) is 17.1 Å². The minimum atomic E-state index is -4.94. The van der Waals surface area contributed by atoms with Crippen LogP contribution in [0.3, 0.4) is 0 Å². The molecule has 294 valence electrons. The van der Waals surface area contributed by atoms with Crippen LogP contribution in [0.25, 0.3) is 0 Å². The van der Waals surface area contributed by atoms with Crippen molar-refractivity contribution in [1.29, 1.82) is 0 Å². The summed E-state index contributed by atoms with van der Waals surface area (Å²) in [6, 6.07) is 7.64.